The van der Waals surface area contributed by atoms with E-state index in [2.05, 4.69) is 44.0 Å². The molecule has 0 saturated carbocycles. The van der Waals surface area contributed by atoms with Gasteiger partial charge in [0.05, 0.1) is 35.4 Å². The van der Waals surface area contributed by atoms with Crippen LogP contribution in [0.15, 0.2) is 73.1 Å². The molecule has 0 aliphatic carbocycles. The highest BCUT2D eigenvalue weighted by Crippen LogP contribution is 2.24. The Hall–Kier alpha value is -3.22. The Morgan fingerprint density at radius 1 is 1.06 bits per heavy atom. The van der Waals surface area contributed by atoms with Crippen LogP contribution in [-0.4, -0.2) is 38.4 Å². The molecule has 1 N–H and O–H groups in total. The molecule has 2 aromatic carbocycles. The van der Waals surface area contributed by atoms with Crippen LogP contribution in [0.1, 0.15) is 24.2 Å². The van der Waals surface area contributed by atoms with Crippen LogP contribution < -0.4 is 5.32 Å². The Kier molecular flexibility index (Phi) is 6.37. The van der Waals surface area contributed by atoms with Gasteiger partial charge in [-0.05, 0) is 61.3 Å². The second-order valence-corrected chi connectivity index (χ2v) is 8.97. The smallest absolute Gasteiger partial charge is 0.228 e. The van der Waals surface area contributed by atoms with E-state index in [0.717, 1.165) is 60.0 Å². The molecular formula is C26H26ClN5O. The van der Waals surface area contributed by atoms with E-state index in [1.807, 2.05) is 36.4 Å². The molecule has 7 heteroatoms. The summed E-state index contributed by atoms with van der Waals surface area (Å²) in [6.45, 7) is 3.11. The molecule has 1 aliphatic heterocycles. The second-order valence-electron chi connectivity index (χ2n) is 8.53. The average Bonchev–Trinajstić information content (AvgIpc) is 3.18. The van der Waals surface area contributed by atoms with E-state index < -0.39 is 0 Å². The highest BCUT2D eigenvalue weighted by atomic mass is 35.5. The topological polar surface area (TPSA) is 63.1 Å². The lowest BCUT2D eigenvalue weighted by Gasteiger charge is -2.31. The number of fused-ring (bicyclic) bond motifs is 1. The summed E-state index contributed by atoms with van der Waals surface area (Å²) in [6, 6.07) is 19.9. The van der Waals surface area contributed by atoms with Gasteiger partial charge in [0.2, 0.25) is 5.91 Å². The highest BCUT2D eigenvalue weighted by molar-refractivity contribution is 6.30. The van der Waals surface area contributed by atoms with Crippen LogP contribution in [0, 0.1) is 5.92 Å². The molecule has 1 fully saturated rings. The number of likely N-dealkylation sites (tertiary alicyclic amines) is 1. The number of piperidine rings is 1. The molecule has 0 unspecified atom stereocenters. The van der Waals surface area contributed by atoms with Gasteiger partial charge in [-0.2, -0.15) is 0 Å². The molecule has 1 atom stereocenters. The van der Waals surface area contributed by atoms with Crippen LogP contribution in [0.3, 0.4) is 0 Å². The van der Waals surface area contributed by atoms with Crippen molar-refractivity contribution in [3.8, 4) is 0 Å². The first-order valence-corrected chi connectivity index (χ1v) is 11.7. The lowest BCUT2D eigenvalue weighted by Crippen LogP contribution is -2.40. The van der Waals surface area contributed by atoms with Crippen molar-refractivity contribution >= 4 is 34.2 Å². The summed E-state index contributed by atoms with van der Waals surface area (Å²) in [5.41, 5.74) is 4.02. The molecule has 6 nitrogen and oxygen atoms in total. The second kappa shape index (κ2) is 9.73. The summed E-state index contributed by atoms with van der Waals surface area (Å²) in [5, 5.41) is 3.74. The number of benzene rings is 2. The van der Waals surface area contributed by atoms with Crippen LogP contribution in [0.5, 0.6) is 0 Å². The van der Waals surface area contributed by atoms with Gasteiger partial charge in [-0.3, -0.25) is 14.7 Å². The lowest BCUT2D eigenvalue weighted by atomic mass is 9.97. The number of rotatable bonds is 6. The van der Waals surface area contributed by atoms with E-state index in [4.69, 9.17) is 16.6 Å². The summed E-state index contributed by atoms with van der Waals surface area (Å²) >= 11 is 6.08. The van der Waals surface area contributed by atoms with Crippen molar-refractivity contribution < 1.29 is 4.79 Å². The number of hydrogen-bond donors (Lipinski definition) is 1. The minimum Gasteiger partial charge on any atom is -0.324 e. The number of para-hydroxylation sites is 2. The van der Waals surface area contributed by atoms with Gasteiger partial charge < -0.3 is 9.88 Å². The first kappa shape index (κ1) is 21.6. The minimum atomic E-state index is -0.0481. The monoisotopic (exact) mass is 459 g/mol. The Balaban J connectivity index is 1.34. The quantitative estimate of drug-likeness (QED) is 0.441. The van der Waals surface area contributed by atoms with E-state index in [9.17, 15) is 4.79 Å². The third-order valence-corrected chi connectivity index (χ3v) is 6.41. The molecule has 5 rings (SSSR count). The van der Waals surface area contributed by atoms with Crippen molar-refractivity contribution in [2.24, 2.45) is 5.92 Å². The number of nitrogens with zero attached hydrogens (tertiary/aromatic N) is 4. The molecule has 1 saturated heterocycles. The van der Waals surface area contributed by atoms with Gasteiger partial charge in [-0.15, -0.1) is 0 Å². The Morgan fingerprint density at radius 2 is 1.91 bits per heavy atom. The molecule has 4 aromatic rings. The number of aromatic nitrogens is 3. The number of carbonyl (C=O) groups excluding carboxylic acids is 1. The van der Waals surface area contributed by atoms with E-state index in [1.165, 1.54) is 5.56 Å². The van der Waals surface area contributed by atoms with Crippen LogP contribution in [0.4, 0.5) is 5.69 Å². The summed E-state index contributed by atoms with van der Waals surface area (Å²) in [4.78, 5) is 24.2. The van der Waals surface area contributed by atoms with Gasteiger partial charge in [0, 0.05) is 24.3 Å². The molecule has 0 bridgehead atoms. The molecule has 0 spiro atoms. The highest BCUT2D eigenvalue weighted by Gasteiger charge is 2.27. The summed E-state index contributed by atoms with van der Waals surface area (Å²) in [6.07, 6.45) is 5.26. The van der Waals surface area contributed by atoms with Crippen molar-refractivity contribution in [2.75, 3.05) is 18.4 Å². The number of carbonyl (C=O) groups is 1. The van der Waals surface area contributed by atoms with Gasteiger partial charge in [0.1, 0.15) is 5.82 Å². The average molecular weight is 460 g/mol. The van der Waals surface area contributed by atoms with Crippen molar-refractivity contribution in [1.82, 2.24) is 19.4 Å². The van der Waals surface area contributed by atoms with E-state index in [1.54, 1.807) is 12.4 Å². The third kappa shape index (κ3) is 5.07. The number of anilines is 1. The number of halogens is 1. The summed E-state index contributed by atoms with van der Waals surface area (Å²) in [5.74, 6) is 1.02. The number of imidazole rings is 1. The number of hydrogen-bond acceptors (Lipinski definition) is 4. The zero-order valence-corrected chi connectivity index (χ0v) is 19.1. The fraction of sp³-hybridized carbons (Fsp3) is 0.269. The first-order chi connectivity index (χ1) is 16.2. The van der Waals surface area contributed by atoms with Crippen LogP contribution in [-0.2, 0) is 17.9 Å². The third-order valence-electron chi connectivity index (χ3n) is 6.16. The van der Waals surface area contributed by atoms with E-state index in [-0.39, 0.29) is 11.8 Å². The Labute approximate surface area is 198 Å². The molecule has 1 aliphatic rings. The van der Waals surface area contributed by atoms with Gasteiger partial charge in [-0.1, -0.05) is 35.9 Å². The normalized spacial score (nSPS) is 16.7. The fourth-order valence-corrected chi connectivity index (χ4v) is 4.62. The molecule has 2 aromatic heterocycles. The molecule has 1 amide bonds. The molecule has 0 radical (unpaired) electrons. The number of amides is 1. The minimum absolute atomic E-state index is 0.0481. The number of pyridine rings is 1. The van der Waals surface area contributed by atoms with Crippen molar-refractivity contribution in [3.63, 3.8) is 0 Å². The molecule has 3 heterocycles. The zero-order valence-electron chi connectivity index (χ0n) is 18.3. The predicted molar refractivity (Wildman–Crippen MR) is 131 cm³/mol. The van der Waals surface area contributed by atoms with Crippen molar-refractivity contribution in [3.05, 3.63) is 89.5 Å². The zero-order chi connectivity index (χ0) is 22.6. The fourth-order valence-electron chi connectivity index (χ4n) is 4.49. The van der Waals surface area contributed by atoms with Gasteiger partial charge in [-0.25, -0.2) is 4.98 Å². The number of nitrogens with one attached hydrogen (secondary N) is 1. The van der Waals surface area contributed by atoms with E-state index in [0.29, 0.717) is 6.54 Å². The van der Waals surface area contributed by atoms with Crippen LogP contribution in [0.25, 0.3) is 11.0 Å². The van der Waals surface area contributed by atoms with Crippen LogP contribution in [0.2, 0.25) is 5.02 Å². The Bertz CT molecular complexity index is 1240. The molecular weight excluding hydrogens is 434 g/mol. The van der Waals surface area contributed by atoms with Crippen LogP contribution >= 0.6 is 11.6 Å². The largest absolute Gasteiger partial charge is 0.324 e. The molecule has 33 heavy (non-hydrogen) atoms. The van der Waals surface area contributed by atoms with Crippen molar-refractivity contribution in [1.29, 1.82) is 0 Å². The SMILES string of the molecule is O=C(Nc1cccnc1)[C@H]1CCCN(Cc2nc3ccccc3n2Cc2ccc(Cl)cc2)C1. The summed E-state index contributed by atoms with van der Waals surface area (Å²) < 4.78 is 2.28. The molecule has 168 valence electrons. The first-order valence-electron chi connectivity index (χ1n) is 11.3. The maximum Gasteiger partial charge on any atom is 0.228 e. The standard InChI is InChI=1S/C26H26ClN5O/c27-21-11-9-19(10-12-21)16-32-24-8-2-1-7-23(24)30-25(32)18-31-14-4-5-20(17-31)26(33)29-22-6-3-13-28-15-22/h1-3,6-13,15,20H,4-5,14,16-18H2,(H,29,33)/t20-/m0/s1. The predicted octanol–water partition coefficient (Wildman–Crippen LogP) is 4.98. The van der Waals surface area contributed by atoms with Crippen molar-refractivity contribution in [2.45, 2.75) is 25.9 Å². The van der Waals surface area contributed by atoms with E-state index >= 15 is 0 Å². The maximum atomic E-state index is 12.8. The Morgan fingerprint density at radius 3 is 2.73 bits per heavy atom. The lowest BCUT2D eigenvalue weighted by molar-refractivity contribution is -0.121. The van der Waals surface area contributed by atoms with Gasteiger partial charge in [0.25, 0.3) is 0 Å². The van der Waals surface area contributed by atoms with Gasteiger partial charge in [0.15, 0.2) is 0 Å². The van der Waals surface area contributed by atoms with Gasteiger partial charge >= 0.3 is 0 Å². The summed E-state index contributed by atoms with van der Waals surface area (Å²) in [7, 11) is 0. The maximum absolute atomic E-state index is 12.8.